The molecule has 0 fully saturated rings. The van der Waals surface area contributed by atoms with Crippen molar-refractivity contribution in [2.45, 2.75) is 25.4 Å². The molecule has 0 aliphatic carbocycles. The first-order valence-corrected chi connectivity index (χ1v) is 12.7. The van der Waals surface area contributed by atoms with Crippen LogP contribution in [0.5, 0.6) is 5.75 Å². The molecule has 6 heteroatoms. The normalized spacial score (nSPS) is 11.4. The fourth-order valence-electron chi connectivity index (χ4n) is 4.18. The Hall–Kier alpha value is -4.45. The summed E-state index contributed by atoms with van der Waals surface area (Å²) in [6.07, 6.45) is 1.00. The molecule has 4 rings (SSSR count). The highest BCUT2D eigenvalue weighted by molar-refractivity contribution is 5.88. The van der Waals surface area contributed by atoms with E-state index in [4.69, 9.17) is 4.74 Å². The van der Waals surface area contributed by atoms with Crippen LogP contribution in [0.25, 0.3) is 0 Å². The third-order valence-electron chi connectivity index (χ3n) is 6.20. The summed E-state index contributed by atoms with van der Waals surface area (Å²) >= 11 is 0. The molecule has 0 bridgehead atoms. The highest BCUT2D eigenvalue weighted by Crippen LogP contribution is 2.17. The van der Waals surface area contributed by atoms with Crippen LogP contribution in [0.15, 0.2) is 115 Å². The first-order valence-electron chi connectivity index (χ1n) is 12.7. The van der Waals surface area contributed by atoms with E-state index in [1.165, 1.54) is 17.0 Å². The van der Waals surface area contributed by atoms with Crippen molar-refractivity contribution in [3.05, 3.63) is 138 Å². The van der Waals surface area contributed by atoms with Crippen molar-refractivity contribution >= 4 is 11.8 Å². The van der Waals surface area contributed by atoms with Crippen molar-refractivity contribution in [3.63, 3.8) is 0 Å². The number of hydrogen-bond acceptors (Lipinski definition) is 3. The molecule has 1 atom stereocenters. The van der Waals surface area contributed by atoms with Gasteiger partial charge in [0.2, 0.25) is 5.91 Å². The van der Waals surface area contributed by atoms with E-state index in [-0.39, 0.29) is 30.8 Å². The molecule has 38 heavy (non-hydrogen) atoms. The lowest BCUT2D eigenvalue weighted by molar-refractivity contribution is -0.142. The lowest BCUT2D eigenvalue weighted by Gasteiger charge is -2.31. The molecule has 0 aromatic heterocycles. The number of nitrogens with zero attached hydrogens (tertiary/aromatic N) is 1. The summed E-state index contributed by atoms with van der Waals surface area (Å²) in [5, 5.41) is 3.02. The second kappa shape index (κ2) is 13.7. The van der Waals surface area contributed by atoms with Crippen LogP contribution < -0.4 is 10.1 Å². The zero-order valence-electron chi connectivity index (χ0n) is 21.1. The number of hydrogen-bond donors (Lipinski definition) is 1. The Kier molecular flexibility index (Phi) is 9.63. The van der Waals surface area contributed by atoms with Gasteiger partial charge in [-0.2, -0.15) is 0 Å². The van der Waals surface area contributed by atoms with Gasteiger partial charge in [0.15, 0.2) is 6.61 Å². The molecule has 0 aliphatic heterocycles. The molecule has 0 saturated heterocycles. The minimum Gasteiger partial charge on any atom is -0.484 e. The van der Waals surface area contributed by atoms with Gasteiger partial charge in [0.05, 0.1) is 0 Å². The van der Waals surface area contributed by atoms with Crippen LogP contribution in [0.2, 0.25) is 0 Å². The Morgan fingerprint density at radius 1 is 0.737 bits per heavy atom. The molecule has 194 valence electrons. The third kappa shape index (κ3) is 8.03. The van der Waals surface area contributed by atoms with Gasteiger partial charge in [-0.05, 0) is 47.4 Å². The molecule has 0 aliphatic rings. The fraction of sp³-hybridized carbons (Fsp3) is 0.188. The minimum absolute atomic E-state index is 0.140. The molecule has 0 saturated carbocycles. The number of carbonyl (C=O) groups is 2. The molecular formula is C32H31FN2O3. The molecule has 4 aromatic rings. The Balaban J connectivity index is 1.56. The van der Waals surface area contributed by atoms with E-state index in [9.17, 15) is 14.0 Å². The molecule has 2 amide bonds. The summed E-state index contributed by atoms with van der Waals surface area (Å²) < 4.78 is 19.3. The van der Waals surface area contributed by atoms with Gasteiger partial charge in [-0.1, -0.05) is 91.0 Å². The van der Waals surface area contributed by atoms with E-state index in [1.54, 1.807) is 24.3 Å². The number of ether oxygens (including phenoxy) is 1. The van der Waals surface area contributed by atoms with Gasteiger partial charge in [0.25, 0.3) is 5.91 Å². The number of halogens is 1. The molecule has 5 nitrogen and oxygen atoms in total. The van der Waals surface area contributed by atoms with E-state index >= 15 is 0 Å². The summed E-state index contributed by atoms with van der Waals surface area (Å²) in [4.78, 5) is 28.7. The molecule has 0 radical (unpaired) electrons. The number of nitrogens with one attached hydrogen (secondary N) is 1. The van der Waals surface area contributed by atoms with E-state index < -0.39 is 6.04 Å². The number of benzene rings is 4. The highest BCUT2D eigenvalue weighted by atomic mass is 19.1. The van der Waals surface area contributed by atoms with Crippen LogP contribution in [-0.4, -0.2) is 35.9 Å². The van der Waals surface area contributed by atoms with E-state index in [0.29, 0.717) is 25.1 Å². The summed E-state index contributed by atoms with van der Waals surface area (Å²) in [6, 6.07) is 33.7. The molecule has 1 N–H and O–H groups in total. The summed E-state index contributed by atoms with van der Waals surface area (Å²) in [7, 11) is 0. The van der Waals surface area contributed by atoms with Crippen molar-refractivity contribution in [2.24, 2.45) is 0 Å². The quantitative estimate of drug-likeness (QED) is 0.285. The molecular weight excluding hydrogens is 479 g/mol. The minimum atomic E-state index is -0.787. The second-order valence-electron chi connectivity index (χ2n) is 8.98. The van der Waals surface area contributed by atoms with Gasteiger partial charge in [-0.3, -0.25) is 9.59 Å². The topological polar surface area (TPSA) is 58.6 Å². The first-order chi connectivity index (χ1) is 18.6. The van der Waals surface area contributed by atoms with Crippen LogP contribution in [0.4, 0.5) is 4.39 Å². The lowest BCUT2D eigenvalue weighted by Crippen LogP contribution is -2.52. The Morgan fingerprint density at radius 3 is 1.95 bits per heavy atom. The largest absolute Gasteiger partial charge is 0.484 e. The maximum atomic E-state index is 13.6. The van der Waals surface area contributed by atoms with Crippen molar-refractivity contribution < 1.29 is 18.7 Å². The van der Waals surface area contributed by atoms with Crippen molar-refractivity contribution in [3.8, 4) is 5.75 Å². The van der Waals surface area contributed by atoms with Gasteiger partial charge >= 0.3 is 0 Å². The van der Waals surface area contributed by atoms with E-state index in [1.807, 2.05) is 78.9 Å². The standard InChI is InChI=1S/C32H31FN2O3/c33-28-18-16-27(17-19-28)23-35(31(36)24-38-29-14-8-3-9-15-29)30(22-26-12-6-2-7-13-26)32(37)34-21-20-25-10-4-1-5-11-25/h1-19,30H,20-24H2,(H,34,37). The molecule has 1 unspecified atom stereocenters. The number of amides is 2. The second-order valence-corrected chi connectivity index (χ2v) is 8.98. The van der Waals surface area contributed by atoms with E-state index in [2.05, 4.69) is 5.32 Å². The highest BCUT2D eigenvalue weighted by Gasteiger charge is 2.30. The Morgan fingerprint density at radius 2 is 1.32 bits per heavy atom. The van der Waals surface area contributed by atoms with Gasteiger partial charge in [-0.15, -0.1) is 0 Å². The van der Waals surface area contributed by atoms with Gasteiger partial charge < -0.3 is 15.0 Å². The molecule has 0 heterocycles. The average Bonchev–Trinajstić information content (AvgIpc) is 2.96. The number of carbonyl (C=O) groups excluding carboxylic acids is 2. The summed E-state index contributed by atoms with van der Waals surface area (Å²) in [6.45, 7) is 0.349. The number of para-hydroxylation sites is 1. The molecule has 0 spiro atoms. The van der Waals surface area contributed by atoms with Gasteiger partial charge in [0.1, 0.15) is 17.6 Å². The van der Waals surface area contributed by atoms with Crippen LogP contribution in [-0.2, 0) is 29.0 Å². The predicted octanol–water partition coefficient (Wildman–Crippen LogP) is 5.20. The smallest absolute Gasteiger partial charge is 0.261 e. The zero-order valence-corrected chi connectivity index (χ0v) is 21.1. The predicted molar refractivity (Wildman–Crippen MR) is 146 cm³/mol. The van der Waals surface area contributed by atoms with Crippen molar-refractivity contribution in [1.82, 2.24) is 10.2 Å². The van der Waals surface area contributed by atoms with Crippen molar-refractivity contribution in [2.75, 3.05) is 13.2 Å². The van der Waals surface area contributed by atoms with Crippen LogP contribution in [0.1, 0.15) is 16.7 Å². The fourth-order valence-corrected chi connectivity index (χ4v) is 4.18. The summed E-state index contributed by atoms with van der Waals surface area (Å²) in [5.74, 6) is -0.384. The maximum Gasteiger partial charge on any atom is 0.261 e. The Labute approximate surface area is 222 Å². The van der Waals surface area contributed by atoms with Crippen molar-refractivity contribution in [1.29, 1.82) is 0 Å². The Bertz CT molecular complexity index is 1280. The average molecular weight is 511 g/mol. The van der Waals surface area contributed by atoms with E-state index in [0.717, 1.165) is 16.7 Å². The zero-order chi connectivity index (χ0) is 26.6. The SMILES string of the molecule is O=C(NCCc1ccccc1)C(Cc1ccccc1)N(Cc1ccc(F)cc1)C(=O)COc1ccccc1. The lowest BCUT2D eigenvalue weighted by atomic mass is 10.0. The van der Waals surface area contributed by atoms with Crippen LogP contribution in [0, 0.1) is 5.82 Å². The monoisotopic (exact) mass is 510 g/mol. The third-order valence-corrected chi connectivity index (χ3v) is 6.20. The molecule has 4 aromatic carbocycles. The van der Waals surface area contributed by atoms with Gasteiger partial charge in [0, 0.05) is 19.5 Å². The van der Waals surface area contributed by atoms with Crippen LogP contribution in [0.3, 0.4) is 0 Å². The first kappa shape index (κ1) is 26.6. The summed E-state index contributed by atoms with van der Waals surface area (Å²) in [5.41, 5.74) is 2.76. The maximum absolute atomic E-state index is 13.6. The van der Waals surface area contributed by atoms with Crippen LogP contribution >= 0.6 is 0 Å². The number of rotatable bonds is 12. The van der Waals surface area contributed by atoms with Gasteiger partial charge in [-0.25, -0.2) is 4.39 Å².